The van der Waals surface area contributed by atoms with Crippen molar-refractivity contribution in [2.24, 2.45) is 5.73 Å². The number of hydrogen-bond donors (Lipinski definition) is 3. The fraction of sp³-hybridized carbons (Fsp3) is 0.500. The molecule has 0 aliphatic carbocycles. The van der Waals surface area contributed by atoms with E-state index < -0.39 is 0 Å². The van der Waals surface area contributed by atoms with E-state index >= 15 is 0 Å². The smallest absolute Gasteiger partial charge is 0.200 e. The van der Waals surface area contributed by atoms with Gasteiger partial charge >= 0.3 is 0 Å². The van der Waals surface area contributed by atoms with Gasteiger partial charge < -0.3 is 20.7 Å². The lowest BCUT2D eigenvalue weighted by Gasteiger charge is -2.25. The van der Waals surface area contributed by atoms with Gasteiger partial charge in [-0.3, -0.25) is 0 Å². The van der Waals surface area contributed by atoms with Crippen LogP contribution in [0, 0.1) is 0 Å². The van der Waals surface area contributed by atoms with Crippen LogP contribution in [0.3, 0.4) is 0 Å². The Bertz CT molecular complexity index is 375. The van der Waals surface area contributed by atoms with Crippen LogP contribution in [0.2, 0.25) is 0 Å². The SMILES string of the molecule is COc1cc(C(C)(C)CCN)cc(O)c1O. The Balaban J connectivity index is 3.20. The van der Waals surface area contributed by atoms with Gasteiger partial charge in [-0.15, -0.1) is 0 Å². The molecule has 0 aliphatic heterocycles. The second-order valence-electron chi connectivity index (χ2n) is 4.47. The molecule has 0 saturated heterocycles. The predicted molar refractivity (Wildman–Crippen MR) is 63.0 cm³/mol. The number of aromatic hydroxyl groups is 2. The van der Waals surface area contributed by atoms with Crippen LogP contribution in [0.5, 0.6) is 17.2 Å². The normalized spacial score (nSPS) is 11.5. The average Bonchev–Trinajstić information content (AvgIpc) is 2.21. The molecule has 0 aliphatic rings. The summed E-state index contributed by atoms with van der Waals surface area (Å²) in [5, 5.41) is 19.1. The van der Waals surface area contributed by atoms with Gasteiger partial charge in [0.15, 0.2) is 11.5 Å². The van der Waals surface area contributed by atoms with E-state index in [0.717, 1.165) is 12.0 Å². The summed E-state index contributed by atoms with van der Waals surface area (Å²) in [6, 6.07) is 3.28. The van der Waals surface area contributed by atoms with Crippen molar-refractivity contribution in [2.75, 3.05) is 13.7 Å². The fourth-order valence-corrected chi connectivity index (χ4v) is 1.64. The number of ether oxygens (including phenoxy) is 1. The number of rotatable bonds is 4. The molecular weight excluding hydrogens is 206 g/mol. The summed E-state index contributed by atoms with van der Waals surface area (Å²) in [6.07, 6.45) is 0.792. The molecule has 4 heteroatoms. The molecule has 0 radical (unpaired) electrons. The van der Waals surface area contributed by atoms with Gasteiger partial charge in [-0.2, -0.15) is 0 Å². The van der Waals surface area contributed by atoms with E-state index in [1.807, 2.05) is 13.8 Å². The zero-order valence-corrected chi connectivity index (χ0v) is 9.95. The highest BCUT2D eigenvalue weighted by molar-refractivity contribution is 5.53. The first kappa shape index (κ1) is 12.6. The van der Waals surface area contributed by atoms with E-state index in [2.05, 4.69) is 0 Å². The van der Waals surface area contributed by atoms with E-state index in [1.165, 1.54) is 7.11 Å². The Labute approximate surface area is 95.7 Å². The van der Waals surface area contributed by atoms with E-state index in [9.17, 15) is 10.2 Å². The third kappa shape index (κ3) is 2.39. The number of hydrogen-bond acceptors (Lipinski definition) is 4. The molecule has 16 heavy (non-hydrogen) atoms. The van der Waals surface area contributed by atoms with Crippen LogP contribution in [0.1, 0.15) is 25.8 Å². The van der Waals surface area contributed by atoms with Gasteiger partial charge in [-0.05, 0) is 36.1 Å². The average molecular weight is 225 g/mol. The number of methoxy groups -OCH3 is 1. The summed E-state index contributed by atoms with van der Waals surface area (Å²) in [5.74, 6) is -0.116. The summed E-state index contributed by atoms with van der Waals surface area (Å²) in [6.45, 7) is 4.63. The van der Waals surface area contributed by atoms with E-state index in [-0.39, 0.29) is 22.7 Å². The molecule has 4 N–H and O–H groups in total. The molecular formula is C12H19NO3. The molecule has 0 spiro atoms. The fourth-order valence-electron chi connectivity index (χ4n) is 1.64. The Kier molecular flexibility index (Phi) is 3.65. The number of benzene rings is 1. The Morgan fingerprint density at radius 1 is 1.31 bits per heavy atom. The van der Waals surface area contributed by atoms with Crippen LogP contribution in [-0.2, 0) is 5.41 Å². The van der Waals surface area contributed by atoms with Crippen molar-refractivity contribution in [3.8, 4) is 17.2 Å². The summed E-state index contributed by atoms with van der Waals surface area (Å²) >= 11 is 0. The van der Waals surface area contributed by atoms with E-state index in [4.69, 9.17) is 10.5 Å². The van der Waals surface area contributed by atoms with Gasteiger partial charge in [0.1, 0.15) is 0 Å². The summed E-state index contributed by atoms with van der Waals surface area (Å²) in [4.78, 5) is 0. The minimum absolute atomic E-state index is 0.160. The largest absolute Gasteiger partial charge is 0.504 e. The lowest BCUT2D eigenvalue weighted by atomic mass is 9.81. The van der Waals surface area contributed by atoms with Crippen molar-refractivity contribution in [1.29, 1.82) is 0 Å². The van der Waals surface area contributed by atoms with Crippen LogP contribution in [0.15, 0.2) is 12.1 Å². The number of nitrogens with two attached hydrogens (primary N) is 1. The van der Waals surface area contributed by atoms with Crippen LogP contribution in [-0.4, -0.2) is 23.9 Å². The van der Waals surface area contributed by atoms with Crippen molar-refractivity contribution in [2.45, 2.75) is 25.7 Å². The monoisotopic (exact) mass is 225 g/mol. The van der Waals surface area contributed by atoms with Crippen LogP contribution in [0.25, 0.3) is 0 Å². The second-order valence-corrected chi connectivity index (χ2v) is 4.47. The summed E-state index contributed by atoms with van der Waals surface area (Å²) in [5.41, 5.74) is 6.28. The molecule has 0 fully saturated rings. The molecule has 0 saturated carbocycles. The molecule has 0 unspecified atom stereocenters. The lowest BCUT2D eigenvalue weighted by Crippen LogP contribution is -2.21. The topological polar surface area (TPSA) is 75.7 Å². The highest BCUT2D eigenvalue weighted by atomic mass is 16.5. The van der Waals surface area contributed by atoms with Crippen molar-refractivity contribution < 1.29 is 14.9 Å². The highest BCUT2D eigenvalue weighted by Gasteiger charge is 2.23. The Hall–Kier alpha value is -1.42. The molecule has 0 amide bonds. The van der Waals surface area contributed by atoms with Crippen molar-refractivity contribution in [1.82, 2.24) is 0 Å². The standard InChI is InChI=1S/C12H19NO3/c1-12(2,4-5-13)8-6-9(14)11(15)10(7-8)16-3/h6-7,14-15H,4-5,13H2,1-3H3. The first-order chi connectivity index (χ1) is 7.42. The third-order valence-electron chi connectivity index (χ3n) is 2.83. The molecule has 0 heterocycles. The summed E-state index contributed by atoms with van der Waals surface area (Å²) in [7, 11) is 1.45. The molecule has 0 aromatic heterocycles. The molecule has 0 bridgehead atoms. The Morgan fingerprint density at radius 3 is 2.44 bits per heavy atom. The summed E-state index contributed by atoms with van der Waals surface area (Å²) < 4.78 is 5.00. The lowest BCUT2D eigenvalue weighted by molar-refractivity contribution is 0.347. The van der Waals surface area contributed by atoms with Crippen LogP contribution < -0.4 is 10.5 Å². The zero-order chi connectivity index (χ0) is 12.3. The molecule has 1 rings (SSSR count). The van der Waals surface area contributed by atoms with Gasteiger partial charge in [-0.25, -0.2) is 0 Å². The molecule has 4 nitrogen and oxygen atoms in total. The van der Waals surface area contributed by atoms with Gasteiger partial charge in [0.2, 0.25) is 5.75 Å². The van der Waals surface area contributed by atoms with Gasteiger partial charge in [0.05, 0.1) is 7.11 Å². The predicted octanol–water partition coefficient (Wildman–Crippen LogP) is 1.73. The maximum Gasteiger partial charge on any atom is 0.200 e. The highest BCUT2D eigenvalue weighted by Crippen LogP contribution is 2.40. The van der Waals surface area contributed by atoms with Crippen molar-refractivity contribution >= 4 is 0 Å². The van der Waals surface area contributed by atoms with Crippen molar-refractivity contribution in [3.05, 3.63) is 17.7 Å². The first-order valence-corrected chi connectivity index (χ1v) is 5.23. The Morgan fingerprint density at radius 2 is 1.94 bits per heavy atom. The zero-order valence-electron chi connectivity index (χ0n) is 9.95. The number of phenolic OH excluding ortho intramolecular Hbond substituents is 2. The van der Waals surface area contributed by atoms with E-state index in [1.54, 1.807) is 12.1 Å². The van der Waals surface area contributed by atoms with Gasteiger partial charge in [-0.1, -0.05) is 13.8 Å². The third-order valence-corrected chi connectivity index (χ3v) is 2.83. The molecule has 1 aromatic rings. The van der Waals surface area contributed by atoms with Gasteiger partial charge in [0, 0.05) is 0 Å². The molecule has 0 atom stereocenters. The minimum atomic E-state index is -0.227. The van der Waals surface area contributed by atoms with Crippen LogP contribution >= 0.6 is 0 Å². The molecule has 90 valence electrons. The maximum absolute atomic E-state index is 9.58. The second kappa shape index (κ2) is 4.61. The quantitative estimate of drug-likeness (QED) is 0.682. The maximum atomic E-state index is 9.58. The molecule has 1 aromatic carbocycles. The van der Waals surface area contributed by atoms with Gasteiger partial charge in [0.25, 0.3) is 0 Å². The first-order valence-electron chi connectivity index (χ1n) is 5.23. The van der Waals surface area contributed by atoms with Crippen LogP contribution in [0.4, 0.5) is 0 Å². The number of phenols is 2. The minimum Gasteiger partial charge on any atom is -0.504 e. The van der Waals surface area contributed by atoms with Crippen molar-refractivity contribution in [3.63, 3.8) is 0 Å². The van der Waals surface area contributed by atoms with E-state index in [0.29, 0.717) is 6.54 Å².